The van der Waals surface area contributed by atoms with Crippen LogP contribution in [0.1, 0.15) is 78.4 Å². The van der Waals surface area contributed by atoms with Gasteiger partial charge < -0.3 is 40.3 Å². The third-order valence-electron chi connectivity index (χ3n) is 11.0. The van der Waals surface area contributed by atoms with Crippen LogP contribution >= 0.6 is 0 Å². The van der Waals surface area contributed by atoms with E-state index in [1.165, 1.54) is 14.2 Å². The van der Waals surface area contributed by atoms with Gasteiger partial charge in [-0.3, -0.25) is 19.2 Å². The molecule has 2 aliphatic heterocycles. The van der Waals surface area contributed by atoms with E-state index in [0.29, 0.717) is 63.2 Å². The van der Waals surface area contributed by atoms with Gasteiger partial charge in [-0.05, 0) is 84.0 Å². The second-order valence-corrected chi connectivity index (χ2v) is 17.7. The summed E-state index contributed by atoms with van der Waals surface area (Å²) in [6, 6.07) is 22.5. The Morgan fingerprint density at radius 1 is 0.721 bits per heavy atom. The van der Waals surface area contributed by atoms with Crippen LogP contribution in [0.5, 0.6) is 0 Å². The van der Waals surface area contributed by atoms with E-state index in [9.17, 15) is 24.0 Å². The number of nitrogens with one attached hydrogen (secondary N) is 3. The average molecular weight is 840 g/mol. The molecule has 61 heavy (non-hydrogen) atoms. The number of nitrogens with zero attached hydrogens (tertiary/aromatic N) is 4. The molecule has 15 heteroatoms. The van der Waals surface area contributed by atoms with E-state index in [1.54, 1.807) is 9.80 Å². The predicted octanol–water partition coefficient (Wildman–Crippen LogP) is 6.54. The van der Waals surface area contributed by atoms with E-state index in [0.717, 1.165) is 23.2 Å². The molecule has 0 spiro atoms. The Kier molecular flexibility index (Phi) is 15.5. The lowest BCUT2D eigenvalue weighted by molar-refractivity contribution is -0.188. The molecule has 3 N–H and O–H groups in total. The number of benzene rings is 3. The van der Waals surface area contributed by atoms with Gasteiger partial charge in [0.15, 0.2) is 0 Å². The molecule has 3 aromatic rings. The molecule has 328 valence electrons. The van der Waals surface area contributed by atoms with Crippen molar-refractivity contribution in [1.82, 2.24) is 15.1 Å². The Bertz CT molecular complexity index is 1990. The summed E-state index contributed by atoms with van der Waals surface area (Å²) in [6.45, 7) is 13.4. The monoisotopic (exact) mass is 839 g/mol. The highest BCUT2D eigenvalue weighted by Crippen LogP contribution is 2.30. The summed E-state index contributed by atoms with van der Waals surface area (Å²) in [5.74, 6) is -1.08. The smallest absolute Gasteiger partial charge is 0.407 e. The SMILES string of the molecule is COO/C=N\[C@H](C(=O)N1CCC[C@H]1C(=O)Nc1ccc(CN(Cc2ccc(NC(=O)[C@@H]3CCCN3C(=O)[C@@H](NC(=O)OC)C(C)(C)C)cc2)c2ccccc2)cc1)C(C)(C)C. The number of rotatable bonds is 15. The highest BCUT2D eigenvalue weighted by atomic mass is 17.2. The number of likely N-dealkylation sites (tertiary alicyclic amines) is 2. The number of carbonyl (C=O) groups excluding carboxylic acids is 5. The first-order valence-corrected chi connectivity index (χ1v) is 20.8. The molecule has 0 aromatic heterocycles. The molecule has 0 aliphatic carbocycles. The largest absolute Gasteiger partial charge is 0.453 e. The van der Waals surface area contributed by atoms with E-state index in [4.69, 9.17) is 9.62 Å². The maximum absolute atomic E-state index is 13.7. The topological polar surface area (TPSA) is 171 Å². The molecule has 2 fully saturated rings. The number of hydrogen-bond acceptors (Lipinski definition) is 10. The fraction of sp³-hybridized carbons (Fsp3) is 0.478. The van der Waals surface area contributed by atoms with Crippen molar-refractivity contribution in [3.05, 3.63) is 90.0 Å². The molecule has 2 saturated heterocycles. The summed E-state index contributed by atoms with van der Waals surface area (Å²) < 4.78 is 4.76. The van der Waals surface area contributed by atoms with Crippen molar-refractivity contribution in [3.63, 3.8) is 0 Å². The molecule has 2 heterocycles. The Morgan fingerprint density at radius 3 is 1.66 bits per heavy atom. The maximum atomic E-state index is 13.7. The van der Waals surface area contributed by atoms with Gasteiger partial charge >= 0.3 is 6.09 Å². The van der Waals surface area contributed by atoms with Gasteiger partial charge in [-0.25, -0.2) is 9.79 Å². The number of methoxy groups -OCH3 is 1. The van der Waals surface area contributed by atoms with Crippen molar-refractivity contribution in [1.29, 1.82) is 0 Å². The number of para-hydroxylation sites is 1. The number of alkyl carbamates (subject to hydrolysis) is 1. The van der Waals surface area contributed by atoms with Crippen molar-refractivity contribution < 1.29 is 38.5 Å². The van der Waals surface area contributed by atoms with Crippen molar-refractivity contribution in [2.45, 2.75) is 104 Å². The van der Waals surface area contributed by atoms with Gasteiger partial charge in [0.25, 0.3) is 0 Å². The normalized spacial score (nSPS) is 17.7. The van der Waals surface area contributed by atoms with Crippen molar-refractivity contribution in [2.24, 2.45) is 15.8 Å². The molecule has 3 aromatic carbocycles. The Balaban J connectivity index is 1.21. The fourth-order valence-corrected chi connectivity index (χ4v) is 7.70. The van der Waals surface area contributed by atoms with Gasteiger partial charge in [0, 0.05) is 43.2 Å². The van der Waals surface area contributed by atoms with Crippen LogP contribution in [-0.2, 0) is 46.8 Å². The number of ether oxygens (including phenoxy) is 1. The molecule has 0 bridgehead atoms. The van der Waals surface area contributed by atoms with E-state index in [2.05, 4.69) is 42.9 Å². The Labute approximate surface area is 359 Å². The van der Waals surface area contributed by atoms with Gasteiger partial charge in [0.1, 0.15) is 24.2 Å². The summed E-state index contributed by atoms with van der Waals surface area (Å²) in [4.78, 5) is 85.6. The van der Waals surface area contributed by atoms with Crippen LogP contribution in [0.25, 0.3) is 0 Å². The van der Waals surface area contributed by atoms with E-state index in [-0.39, 0.29) is 23.6 Å². The number of aliphatic imine (C=N–C) groups is 1. The minimum absolute atomic E-state index is 0.234. The Morgan fingerprint density at radius 2 is 1.21 bits per heavy atom. The highest BCUT2D eigenvalue weighted by molar-refractivity contribution is 5.99. The van der Waals surface area contributed by atoms with Crippen LogP contribution in [-0.4, -0.2) is 97.4 Å². The molecule has 0 radical (unpaired) electrons. The second-order valence-electron chi connectivity index (χ2n) is 17.7. The van der Waals surface area contributed by atoms with Crippen LogP contribution in [0.15, 0.2) is 83.9 Å². The third kappa shape index (κ3) is 12.3. The van der Waals surface area contributed by atoms with E-state index in [1.807, 2.05) is 108 Å². The van der Waals surface area contributed by atoms with E-state index < -0.39 is 41.1 Å². The van der Waals surface area contributed by atoms with Crippen molar-refractivity contribution in [2.75, 3.05) is 42.8 Å². The zero-order valence-corrected chi connectivity index (χ0v) is 36.6. The van der Waals surface area contributed by atoms with E-state index >= 15 is 0 Å². The molecule has 0 saturated carbocycles. The molecule has 0 unspecified atom stereocenters. The van der Waals surface area contributed by atoms with Crippen LogP contribution in [0.2, 0.25) is 0 Å². The summed E-state index contributed by atoms with van der Waals surface area (Å²) in [5.41, 5.74) is 3.21. The summed E-state index contributed by atoms with van der Waals surface area (Å²) in [6.07, 6.45) is 2.88. The zero-order chi connectivity index (χ0) is 44.3. The first-order valence-electron chi connectivity index (χ1n) is 20.8. The van der Waals surface area contributed by atoms with Crippen LogP contribution < -0.4 is 20.9 Å². The standard InChI is InChI=1S/C46H61N7O8/c1-45(2,3)38(47-30-61-60-8)42(56)52-26-12-16-36(52)40(54)48-33-22-18-31(19-23-33)28-51(35-14-10-9-11-15-35)29-32-20-24-34(25-21-32)49-41(55)37-17-13-27-53(37)43(57)39(46(4,5)6)50-44(58)59-7/h9-11,14-15,18-25,30,36-39H,12-13,16-17,26-29H2,1-8H3,(H,48,54)(H,49,55)(H,50,58)/b47-30-/t36-,37-,38+,39+/m0/s1. The predicted molar refractivity (Wildman–Crippen MR) is 235 cm³/mol. The van der Waals surface area contributed by atoms with Gasteiger partial charge in [0.2, 0.25) is 30.0 Å². The second kappa shape index (κ2) is 20.5. The lowest BCUT2D eigenvalue weighted by Crippen LogP contribution is -2.57. The van der Waals surface area contributed by atoms with Crippen molar-refractivity contribution >= 4 is 53.2 Å². The van der Waals surface area contributed by atoms with Crippen LogP contribution in [0, 0.1) is 10.8 Å². The van der Waals surface area contributed by atoms with Crippen LogP contribution in [0.4, 0.5) is 21.9 Å². The molecule has 15 nitrogen and oxygen atoms in total. The zero-order valence-electron chi connectivity index (χ0n) is 36.6. The highest BCUT2D eigenvalue weighted by Gasteiger charge is 2.43. The first-order chi connectivity index (χ1) is 29.0. The molecule has 4 atom stereocenters. The quantitative estimate of drug-likeness (QED) is 0.0665. The fourth-order valence-electron chi connectivity index (χ4n) is 7.70. The summed E-state index contributed by atoms with van der Waals surface area (Å²) in [7, 11) is 2.61. The molecule has 5 amide bonds. The first kappa shape index (κ1) is 46.1. The van der Waals surface area contributed by atoms with Gasteiger partial charge in [-0.1, -0.05) is 84.0 Å². The molecule has 5 rings (SSSR count). The summed E-state index contributed by atoms with van der Waals surface area (Å²) >= 11 is 0. The van der Waals surface area contributed by atoms with Crippen molar-refractivity contribution in [3.8, 4) is 0 Å². The van der Waals surface area contributed by atoms with Gasteiger partial charge in [-0.15, -0.1) is 0 Å². The molecular formula is C46H61N7O8. The minimum atomic E-state index is -0.859. The molecule has 2 aliphatic rings. The maximum Gasteiger partial charge on any atom is 0.407 e. The third-order valence-corrected chi connectivity index (χ3v) is 11.0. The number of amides is 5. The molecular weight excluding hydrogens is 779 g/mol. The lowest BCUT2D eigenvalue weighted by atomic mass is 9.85. The Hall–Kier alpha value is -5.96. The number of carbonyl (C=O) groups is 5. The number of hydrogen-bond donors (Lipinski definition) is 3. The summed E-state index contributed by atoms with van der Waals surface area (Å²) in [5, 5.41) is 8.66. The average Bonchev–Trinajstić information content (AvgIpc) is 3.93. The lowest BCUT2D eigenvalue weighted by Gasteiger charge is -2.35. The van der Waals surface area contributed by atoms with Gasteiger partial charge in [-0.2, -0.15) is 4.89 Å². The minimum Gasteiger partial charge on any atom is -0.453 e. The number of anilines is 3. The van der Waals surface area contributed by atoms with Gasteiger partial charge in [0.05, 0.1) is 14.2 Å². The van der Waals surface area contributed by atoms with Crippen LogP contribution in [0.3, 0.4) is 0 Å².